The molecule has 0 aliphatic carbocycles. The summed E-state index contributed by atoms with van der Waals surface area (Å²) in [5, 5.41) is 0. The first-order valence-electron chi connectivity index (χ1n) is 4.54. The number of halogens is 1. The molecule has 3 nitrogen and oxygen atoms in total. The van der Waals surface area contributed by atoms with Gasteiger partial charge in [-0.25, -0.2) is 4.79 Å². The number of rotatable bonds is 3. The number of carbonyl (C=O) groups is 2. The first-order chi connectivity index (χ1) is 7.07. The summed E-state index contributed by atoms with van der Waals surface area (Å²) in [4.78, 5) is 22.8. The Hall–Kier alpha value is -1.16. The number of esters is 1. The van der Waals surface area contributed by atoms with Crippen molar-refractivity contribution in [3.63, 3.8) is 0 Å². The highest BCUT2D eigenvalue weighted by atomic mass is 79.9. The Labute approximate surface area is 96.6 Å². The van der Waals surface area contributed by atoms with Crippen LogP contribution in [0.1, 0.15) is 22.8 Å². The molecule has 80 valence electrons. The Bertz CT molecular complexity index is 399. The molecule has 0 aliphatic rings. The monoisotopic (exact) mass is 270 g/mol. The zero-order chi connectivity index (χ0) is 11.4. The summed E-state index contributed by atoms with van der Waals surface area (Å²) < 4.78 is 5.29. The van der Waals surface area contributed by atoms with Crippen LogP contribution in [0, 0.1) is 6.92 Å². The number of ether oxygens (including phenoxy) is 1. The van der Waals surface area contributed by atoms with Crippen molar-refractivity contribution in [2.45, 2.75) is 13.8 Å². The van der Waals surface area contributed by atoms with Gasteiger partial charge >= 0.3 is 5.97 Å². The highest BCUT2D eigenvalue weighted by Crippen LogP contribution is 2.21. The van der Waals surface area contributed by atoms with E-state index >= 15 is 0 Å². The molecule has 1 aromatic rings. The van der Waals surface area contributed by atoms with Crippen LogP contribution in [-0.4, -0.2) is 18.4 Å². The molecule has 0 aliphatic heterocycles. The van der Waals surface area contributed by atoms with Crippen molar-refractivity contribution in [3.05, 3.63) is 33.8 Å². The van der Waals surface area contributed by atoms with E-state index in [0.717, 1.165) is 5.56 Å². The molecule has 0 radical (unpaired) electrons. The van der Waals surface area contributed by atoms with Crippen LogP contribution >= 0.6 is 15.9 Å². The number of aryl methyl sites for hydroxylation is 1. The summed E-state index contributed by atoms with van der Waals surface area (Å²) >= 11 is 3.27. The topological polar surface area (TPSA) is 43.4 Å². The first-order valence-corrected chi connectivity index (χ1v) is 5.33. The minimum absolute atomic E-state index is 0.202. The fourth-order valence-corrected chi connectivity index (χ4v) is 1.57. The van der Waals surface area contributed by atoms with Gasteiger partial charge in [-0.3, -0.25) is 4.79 Å². The van der Waals surface area contributed by atoms with Crippen LogP contribution in [0.2, 0.25) is 0 Å². The fraction of sp³-hybridized carbons (Fsp3) is 0.273. The Kier molecular flexibility index (Phi) is 4.03. The molecule has 15 heavy (non-hydrogen) atoms. The van der Waals surface area contributed by atoms with E-state index in [1.165, 1.54) is 0 Å². The molecule has 0 saturated heterocycles. The van der Waals surface area contributed by atoms with Crippen LogP contribution in [0.5, 0.6) is 0 Å². The van der Waals surface area contributed by atoms with Crippen molar-refractivity contribution < 1.29 is 14.3 Å². The van der Waals surface area contributed by atoms with E-state index in [2.05, 4.69) is 20.7 Å². The second-order valence-electron chi connectivity index (χ2n) is 2.99. The minimum Gasteiger partial charge on any atom is -0.460 e. The largest absolute Gasteiger partial charge is 0.460 e. The van der Waals surface area contributed by atoms with E-state index in [1.807, 2.05) is 13.0 Å². The number of ketones is 1. The predicted octanol–water partition coefficient (Wildman–Crippen LogP) is 2.50. The summed E-state index contributed by atoms with van der Waals surface area (Å²) in [6.45, 7) is 3.72. The second-order valence-corrected chi connectivity index (χ2v) is 3.78. The molecule has 1 aromatic carbocycles. The molecule has 0 unspecified atom stereocenters. The molecule has 0 heterocycles. The zero-order valence-electron chi connectivity index (χ0n) is 8.54. The molecule has 0 saturated carbocycles. The van der Waals surface area contributed by atoms with Crippen LogP contribution in [0.15, 0.2) is 22.7 Å². The van der Waals surface area contributed by atoms with Gasteiger partial charge in [0.25, 0.3) is 5.78 Å². The Morgan fingerprint density at radius 3 is 2.67 bits per heavy atom. The highest BCUT2D eigenvalue weighted by Gasteiger charge is 2.20. The maximum absolute atomic E-state index is 11.6. The Balaban J connectivity index is 3.01. The third kappa shape index (κ3) is 2.65. The van der Waals surface area contributed by atoms with Crippen LogP contribution in [-0.2, 0) is 9.53 Å². The molecule has 0 aromatic heterocycles. The number of Topliss-reactive ketones (excluding diaryl/α,β-unsaturated/α-hetero) is 1. The van der Waals surface area contributed by atoms with Gasteiger partial charge in [-0.1, -0.05) is 12.1 Å². The van der Waals surface area contributed by atoms with Gasteiger partial charge in [0.1, 0.15) is 0 Å². The maximum atomic E-state index is 11.6. The average Bonchev–Trinajstić information content (AvgIpc) is 2.21. The van der Waals surface area contributed by atoms with E-state index in [9.17, 15) is 9.59 Å². The lowest BCUT2D eigenvalue weighted by molar-refractivity contribution is -0.137. The van der Waals surface area contributed by atoms with Crippen molar-refractivity contribution >= 4 is 27.7 Å². The lowest BCUT2D eigenvalue weighted by Gasteiger charge is -2.05. The summed E-state index contributed by atoms with van der Waals surface area (Å²) in [5.74, 6) is -1.43. The molecular weight excluding hydrogens is 260 g/mol. The number of hydrogen-bond donors (Lipinski definition) is 0. The molecule has 0 amide bonds. The summed E-state index contributed by atoms with van der Waals surface area (Å²) in [6.07, 6.45) is 0. The van der Waals surface area contributed by atoms with Crippen molar-refractivity contribution in [1.82, 2.24) is 0 Å². The van der Waals surface area contributed by atoms with Gasteiger partial charge in [-0.05, 0) is 41.4 Å². The van der Waals surface area contributed by atoms with Gasteiger partial charge in [0.2, 0.25) is 0 Å². The van der Waals surface area contributed by atoms with Crippen LogP contribution in [0.4, 0.5) is 0 Å². The third-order valence-corrected chi connectivity index (χ3v) is 2.95. The van der Waals surface area contributed by atoms with E-state index < -0.39 is 11.8 Å². The molecular formula is C11H11BrO3. The number of hydrogen-bond acceptors (Lipinski definition) is 3. The van der Waals surface area contributed by atoms with Gasteiger partial charge in [0.15, 0.2) is 0 Å². The van der Waals surface area contributed by atoms with Gasteiger partial charge in [-0.2, -0.15) is 0 Å². The maximum Gasteiger partial charge on any atom is 0.379 e. The van der Waals surface area contributed by atoms with Gasteiger partial charge in [0.05, 0.1) is 6.61 Å². The van der Waals surface area contributed by atoms with E-state index in [0.29, 0.717) is 10.0 Å². The molecule has 0 spiro atoms. The lowest BCUT2D eigenvalue weighted by Crippen LogP contribution is -2.18. The predicted molar refractivity (Wildman–Crippen MR) is 59.8 cm³/mol. The van der Waals surface area contributed by atoms with Crippen molar-refractivity contribution in [2.24, 2.45) is 0 Å². The SMILES string of the molecule is CCOC(=O)C(=O)c1cccc(C)c1Br. The molecule has 0 bridgehead atoms. The molecule has 0 atom stereocenters. The quantitative estimate of drug-likeness (QED) is 0.482. The van der Waals surface area contributed by atoms with Gasteiger partial charge < -0.3 is 4.74 Å². The third-order valence-electron chi connectivity index (χ3n) is 1.90. The molecule has 1 rings (SSSR count). The van der Waals surface area contributed by atoms with E-state index in [4.69, 9.17) is 0 Å². The first kappa shape index (κ1) is 11.9. The Morgan fingerprint density at radius 2 is 2.07 bits per heavy atom. The summed E-state index contributed by atoms with van der Waals surface area (Å²) in [6, 6.07) is 5.18. The molecule has 0 N–H and O–H groups in total. The van der Waals surface area contributed by atoms with Crippen molar-refractivity contribution in [1.29, 1.82) is 0 Å². The van der Waals surface area contributed by atoms with Crippen molar-refractivity contribution in [2.75, 3.05) is 6.61 Å². The van der Waals surface area contributed by atoms with Crippen LogP contribution < -0.4 is 0 Å². The fourth-order valence-electron chi connectivity index (χ4n) is 1.13. The minimum atomic E-state index is -0.816. The molecule has 0 fully saturated rings. The standard InChI is InChI=1S/C11H11BrO3/c1-3-15-11(14)10(13)8-6-4-5-7(2)9(8)12/h4-6H,3H2,1-2H3. The average molecular weight is 271 g/mol. The highest BCUT2D eigenvalue weighted by molar-refractivity contribution is 9.10. The number of benzene rings is 1. The lowest BCUT2D eigenvalue weighted by atomic mass is 10.1. The molecule has 4 heteroatoms. The van der Waals surface area contributed by atoms with E-state index in [-0.39, 0.29) is 6.61 Å². The zero-order valence-corrected chi connectivity index (χ0v) is 10.1. The smallest absolute Gasteiger partial charge is 0.379 e. The second kappa shape index (κ2) is 5.07. The van der Waals surface area contributed by atoms with Gasteiger partial charge in [0, 0.05) is 10.0 Å². The summed E-state index contributed by atoms with van der Waals surface area (Å²) in [5.41, 5.74) is 1.25. The van der Waals surface area contributed by atoms with Crippen molar-refractivity contribution in [3.8, 4) is 0 Å². The normalized spacial score (nSPS) is 9.80. The summed E-state index contributed by atoms with van der Waals surface area (Å²) in [7, 11) is 0. The van der Waals surface area contributed by atoms with Crippen LogP contribution in [0.3, 0.4) is 0 Å². The van der Waals surface area contributed by atoms with E-state index in [1.54, 1.807) is 19.1 Å². The number of carbonyl (C=O) groups excluding carboxylic acids is 2. The Morgan fingerprint density at radius 1 is 1.40 bits per heavy atom. The van der Waals surface area contributed by atoms with Gasteiger partial charge in [-0.15, -0.1) is 0 Å². The van der Waals surface area contributed by atoms with Crippen LogP contribution in [0.25, 0.3) is 0 Å².